The first-order chi connectivity index (χ1) is 8.74. The summed E-state index contributed by atoms with van der Waals surface area (Å²) in [5, 5.41) is 8.20. The predicted octanol–water partition coefficient (Wildman–Crippen LogP) is 1.45. The van der Waals surface area contributed by atoms with Crippen LogP contribution in [0.4, 0.5) is 8.78 Å². The lowest BCUT2D eigenvalue weighted by atomic mass is 10.2. The third-order valence-corrected chi connectivity index (χ3v) is 2.18. The Morgan fingerprint density at radius 3 is 2.58 bits per heavy atom. The molecule has 0 saturated heterocycles. The Balaban J connectivity index is 2.83. The maximum atomic E-state index is 12.6. The minimum absolute atomic E-state index is 0.0295. The lowest BCUT2D eigenvalue weighted by molar-refractivity contribution is -0.0761. The molecule has 6 nitrogen and oxygen atoms in total. The standard InChI is InChI=1S/C11H15F2N3O3/c1-7-5-8(10(17)16(3)18-4)14-15-9(7)19-6-11(2,12)13/h5H,6H2,1-4H3. The van der Waals surface area contributed by atoms with Gasteiger partial charge in [0.05, 0.1) is 7.11 Å². The summed E-state index contributed by atoms with van der Waals surface area (Å²) in [5.74, 6) is -3.48. The number of alkyl halides is 2. The van der Waals surface area contributed by atoms with Crippen LogP contribution in [0.2, 0.25) is 0 Å². The number of amides is 1. The van der Waals surface area contributed by atoms with Crippen molar-refractivity contribution in [1.82, 2.24) is 15.3 Å². The maximum Gasteiger partial charge on any atom is 0.297 e. The molecule has 0 radical (unpaired) electrons. The van der Waals surface area contributed by atoms with E-state index < -0.39 is 18.4 Å². The molecule has 1 amide bonds. The van der Waals surface area contributed by atoms with Gasteiger partial charge in [0.15, 0.2) is 12.3 Å². The second-order valence-corrected chi connectivity index (χ2v) is 4.06. The zero-order valence-corrected chi connectivity index (χ0v) is 11.1. The quantitative estimate of drug-likeness (QED) is 0.761. The van der Waals surface area contributed by atoms with Gasteiger partial charge >= 0.3 is 0 Å². The molecule has 0 N–H and O–H groups in total. The van der Waals surface area contributed by atoms with Crippen molar-refractivity contribution in [2.24, 2.45) is 0 Å². The molecule has 1 aromatic heterocycles. The molecule has 0 saturated carbocycles. The van der Waals surface area contributed by atoms with Crippen LogP contribution in [-0.4, -0.2) is 47.9 Å². The van der Waals surface area contributed by atoms with Gasteiger partial charge in [0.25, 0.3) is 11.8 Å². The van der Waals surface area contributed by atoms with Crippen LogP contribution in [0.25, 0.3) is 0 Å². The average Bonchev–Trinajstić information content (AvgIpc) is 2.34. The molecule has 0 aliphatic heterocycles. The highest BCUT2D eigenvalue weighted by molar-refractivity contribution is 5.91. The Bertz CT molecular complexity index is 463. The van der Waals surface area contributed by atoms with Crippen LogP contribution in [0, 0.1) is 6.92 Å². The summed E-state index contributed by atoms with van der Waals surface area (Å²) in [5.41, 5.74) is 0.476. The van der Waals surface area contributed by atoms with Gasteiger partial charge in [0.1, 0.15) is 0 Å². The smallest absolute Gasteiger partial charge is 0.297 e. The SMILES string of the molecule is CON(C)C(=O)c1cc(C)c(OCC(C)(F)F)nn1. The molecule has 0 aromatic carbocycles. The predicted molar refractivity (Wildman–Crippen MR) is 62.0 cm³/mol. The normalized spacial score (nSPS) is 11.3. The summed E-state index contributed by atoms with van der Waals surface area (Å²) >= 11 is 0. The van der Waals surface area contributed by atoms with Crippen LogP contribution in [-0.2, 0) is 4.84 Å². The van der Waals surface area contributed by atoms with Gasteiger partial charge in [-0.2, -0.15) is 0 Å². The molecule has 106 valence electrons. The van der Waals surface area contributed by atoms with Crippen molar-refractivity contribution in [3.63, 3.8) is 0 Å². The van der Waals surface area contributed by atoms with Gasteiger partial charge in [-0.25, -0.2) is 13.8 Å². The summed E-state index contributed by atoms with van der Waals surface area (Å²) < 4.78 is 30.1. The Kier molecular flexibility index (Phi) is 4.71. The van der Waals surface area contributed by atoms with Crippen molar-refractivity contribution >= 4 is 5.91 Å². The van der Waals surface area contributed by atoms with Gasteiger partial charge in [-0.3, -0.25) is 9.63 Å². The number of rotatable bonds is 5. The van der Waals surface area contributed by atoms with Gasteiger partial charge in [-0.15, -0.1) is 10.2 Å². The Morgan fingerprint density at radius 1 is 1.47 bits per heavy atom. The van der Waals surface area contributed by atoms with Gasteiger partial charge in [-0.1, -0.05) is 0 Å². The summed E-state index contributed by atoms with van der Waals surface area (Å²) in [4.78, 5) is 16.4. The van der Waals surface area contributed by atoms with E-state index in [0.29, 0.717) is 5.56 Å². The zero-order valence-electron chi connectivity index (χ0n) is 11.1. The van der Waals surface area contributed by atoms with Crippen molar-refractivity contribution in [2.75, 3.05) is 20.8 Å². The largest absolute Gasteiger partial charge is 0.470 e. The number of aryl methyl sites for hydroxylation is 1. The highest BCUT2D eigenvalue weighted by Crippen LogP contribution is 2.18. The number of hydrogen-bond acceptors (Lipinski definition) is 5. The average molecular weight is 275 g/mol. The van der Waals surface area contributed by atoms with Crippen LogP contribution in [0.5, 0.6) is 5.88 Å². The fourth-order valence-corrected chi connectivity index (χ4v) is 1.16. The fourth-order valence-electron chi connectivity index (χ4n) is 1.16. The molecular formula is C11H15F2N3O3. The van der Waals surface area contributed by atoms with E-state index in [1.54, 1.807) is 6.92 Å². The van der Waals surface area contributed by atoms with E-state index in [1.807, 2.05) is 0 Å². The number of halogens is 2. The topological polar surface area (TPSA) is 64.5 Å². The molecule has 19 heavy (non-hydrogen) atoms. The lowest BCUT2D eigenvalue weighted by Crippen LogP contribution is -2.27. The number of carbonyl (C=O) groups excluding carboxylic acids is 1. The molecular weight excluding hydrogens is 260 g/mol. The van der Waals surface area contributed by atoms with Crippen LogP contribution in [0.1, 0.15) is 23.0 Å². The maximum absolute atomic E-state index is 12.6. The number of hydroxylamine groups is 2. The zero-order chi connectivity index (χ0) is 14.6. The van der Waals surface area contributed by atoms with Crippen LogP contribution in [0.15, 0.2) is 6.07 Å². The number of hydrogen-bond donors (Lipinski definition) is 0. The molecule has 8 heteroatoms. The summed E-state index contributed by atoms with van der Waals surface area (Å²) in [6.07, 6.45) is 0. The Labute approximate surface area is 109 Å². The van der Waals surface area contributed by atoms with Gasteiger partial charge in [-0.05, 0) is 13.0 Å². The van der Waals surface area contributed by atoms with Gasteiger partial charge in [0.2, 0.25) is 5.88 Å². The highest BCUT2D eigenvalue weighted by Gasteiger charge is 2.23. The first-order valence-corrected chi connectivity index (χ1v) is 5.41. The molecule has 0 unspecified atom stereocenters. The minimum atomic E-state index is -2.96. The van der Waals surface area contributed by atoms with Crippen molar-refractivity contribution in [2.45, 2.75) is 19.8 Å². The third kappa shape index (κ3) is 4.40. The molecule has 1 heterocycles. The van der Waals surface area contributed by atoms with E-state index in [2.05, 4.69) is 10.2 Å². The molecule has 0 aliphatic carbocycles. The molecule has 1 rings (SSSR count). The number of carbonyl (C=O) groups is 1. The summed E-state index contributed by atoms with van der Waals surface area (Å²) in [6.45, 7) is 1.52. The first kappa shape index (κ1) is 15.2. The van der Waals surface area contributed by atoms with E-state index in [0.717, 1.165) is 12.0 Å². The second kappa shape index (κ2) is 5.87. The molecule has 0 fully saturated rings. The molecule has 0 aliphatic rings. The van der Waals surface area contributed by atoms with Gasteiger partial charge in [0, 0.05) is 19.5 Å². The molecule has 0 atom stereocenters. The van der Waals surface area contributed by atoms with Crippen molar-refractivity contribution < 1.29 is 23.1 Å². The van der Waals surface area contributed by atoms with E-state index in [4.69, 9.17) is 9.57 Å². The highest BCUT2D eigenvalue weighted by atomic mass is 19.3. The van der Waals surface area contributed by atoms with Crippen molar-refractivity contribution in [1.29, 1.82) is 0 Å². The third-order valence-electron chi connectivity index (χ3n) is 2.18. The van der Waals surface area contributed by atoms with E-state index >= 15 is 0 Å². The molecule has 0 spiro atoms. The Hall–Kier alpha value is -1.83. The van der Waals surface area contributed by atoms with Gasteiger partial charge < -0.3 is 4.74 Å². The van der Waals surface area contributed by atoms with Crippen molar-refractivity contribution in [3.8, 4) is 5.88 Å². The lowest BCUT2D eigenvalue weighted by Gasteiger charge is -2.14. The summed E-state index contributed by atoms with van der Waals surface area (Å²) in [6, 6.07) is 1.40. The first-order valence-electron chi connectivity index (χ1n) is 5.41. The molecule has 0 bridgehead atoms. The van der Waals surface area contributed by atoms with Crippen molar-refractivity contribution in [3.05, 3.63) is 17.3 Å². The van der Waals surface area contributed by atoms with E-state index in [1.165, 1.54) is 20.2 Å². The van der Waals surface area contributed by atoms with E-state index in [-0.39, 0.29) is 11.6 Å². The number of aromatic nitrogens is 2. The molecule has 1 aromatic rings. The second-order valence-electron chi connectivity index (χ2n) is 4.06. The van der Waals surface area contributed by atoms with Crippen LogP contribution >= 0.6 is 0 Å². The summed E-state index contributed by atoms with van der Waals surface area (Å²) in [7, 11) is 2.75. The fraction of sp³-hybridized carbons (Fsp3) is 0.545. The van der Waals surface area contributed by atoms with Crippen LogP contribution < -0.4 is 4.74 Å². The van der Waals surface area contributed by atoms with E-state index in [9.17, 15) is 13.6 Å². The number of nitrogens with zero attached hydrogens (tertiary/aromatic N) is 3. The van der Waals surface area contributed by atoms with Crippen LogP contribution in [0.3, 0.4) is 0 Å². The number of ether oxygens (including phenoxy) is 1. The Morgan fingerprint density at radius 2 is 2.11 bits per heavy atom. The monoisotopic (exact) mass is 275 g/mol. The minimum Gasteiger partial charge on any atom is -0.470 e.